The van der Waals surface area contributed by atoms with Crippen molar-refractivity contribution in [2.24, 2.45) is 0 Å². The second-order valence-electron chi connectivity index (χ2n) is 4.01. The van der Waals surface area contributed by atoms with Gasteiger partial charge in [-0.3, -0.25) is 14.6 Å². The molecule has 0 spiro atoms. The predicted molar refractivity (Wildman–Crippen MR) is 70.2 cm³/mol. The first-order valence-corrected chi connectivity index (χ1v) is 6.13. The number of hydrogen-bond donors (Lipinski definition) is 2. The molecule has 0 fully saturated rings. The van der Waals surface area contributed by atoms with Crippen LogP contribution in [-0.4, -0.2) is 37.1 Å². The Balaban J connectivity index is 2.15. The topological polar surface area (TPSA) is 80.3 Å². The number of carbonyl (C=O) groups is 2. The number of nitrogens with one attached hydrogen (secondary N) is 2. The molecule has 1 heterocycles. The summed E-state index contributed by atoms with van der Waals surface area (Å²) >= 11 is 0. The fourth-order valence-corrected chi connectivity index (χ4v) is 1.42. The molecule has 0 atom stereocenters. The molecule has 1 aromatic rings. The SMILES string of the molecule is COCCCNC(=O)CC(=O)NCc1cccnc1. The quantitative estimate of drug-likeness (QED) is 0.521. The van der Waals surface area contributed by atoms with Crippen LogP contribution >= 0.6 is 0 Å². The number of amides is 2. The number of rotatable bonds is 8. The smallest absolute Gasteiger partial charge is 0.229 e. The molecule has 0 bridgehead atoms. The zero-order valence-electron chi connectivity index (χ0n) is 11.0. The molecule has 0 saturated heterocycles. The van der Waals surface area contributed by atoms with Gasteiger partial charge in [0.15, 0.2) is 0 Å². The molecule has 6 nitrogen and oxygen atoms in total. The van der Waals surface area contributed by atoms with Crippen LogP contribution in [0.5, 0.6) is 0 Å². The van der Waals surface area contributed by atoms with Crippen LogP contribution in [0.4, 0.5) is 0 Å². The standard InChI is InChI=1S/C13H19N3O3/c1-19-7-3-6-15-12(17)8-13(18)16-10-11-4-2-5-14-9-11/h2,4-5,9H,3,6-8,10H2,1H3,(H,15,17)(H,16,18). The van der Waals surface area contributed by atoms with Crippen molar-refractivity contribution in [1.82, 2.24) is 15.6 Å². The van der Waals surface area contributed by atoms with E-state index < -0.39 is 0 Å². The lowest BCUT2D eigenvalue weighted by molar-refractivity contribution is -0.129. The van der Waals surface area contributed by atoms with Gasteiger partial charge in [0.1, 0.15) is 6.42 Å². The van der Waals surface area contributed by atoms with Crippen LogP contribution in [-0.2, 0) is 20.9 Å². The number of carbonyl (C=O) groups excluding carboxylic acids is 2. The molecule has 1 aromatic heterocycles. The monoisotopic (exact) mass is 265 g/mol. The Hall–Kier alpha value is -1.95. The Bertz CT molecular complexity index is 395. The highest BCUT2D eigenvalue weighted by molar-refractivity contribution is 5.96. The van der Waals surface area contributed by atoms with Gasteiger partial charge >= 0.3 is 0 Å². The second kappa shape index (κ2) is 9.04. The maximum absolute atomic E-state index is 11.5. The molecule has 19 heavy (non-hydrogen) atoms. The van der Waals surface area contributed by atoms with Crippen molar-refractivity contribution in [2.75, 3.05) is 20.3 Å². The zero-order valence-corrected chi connectivity index (χ0v) is 11.0. The van der Waals surface area contributed by atoms with Crippen LogP contribution in [0.15, 0.2) is 24.5 Å². The van der Waals surface area contributed by atoms with Crippen molar-refractivity contribution in [1.29, 1.82) is 0 Å². The average molecular weight is 265 g/mol. The Morgan fingerprint density at radius 3 is 2.79 bits per heavy atom. The molecule has 0 aliphatic heterocycles. The van der Waals surface area contributed by atoms with Crippen molar-refractivity contribution in [2.45, 2.75) is 19.4 Å². The molecule has 0 aliphatic carbocycles. The van der Waals surface area contributed by atoms with Crippen LogP contribution in [0.1, 0.15) is 18.4 Å². The molecule has 2 amide bonds. The minimum absolute atomic E-state index is 0.159. The zero-order chi connectivity index (χ0) is 13.9. The van der Waals surface area contributed by atoms with Gasteiger partial charge in [-0.25, -0.2) is 0 Å². The van der Waals surface area contributed by atoms with Crippen molar-refractivity contribution in [3.63, 3.8) is 0 Å². The van der Waals surface area contributed by atoms with E-state index in [9.17, 15) is 9.59 Å². The first-order chi connectivity index (χ1) is 9.22. The van der Waals surface area contributed by atoms with Crippen LogP contribution < -0.4 is 10.6 Å². The number of hydrogen-bond acceptors (Lipinski definition) is 4. The molecule has 6 heteroatoms. The first kappa shape index (κ1) is 15.1. The largest absolute Gasteiger partial charge is 0.385 e. The third-order valence-electron chi connectivity index (χ3n) is 2.38. The third-order valence-corrected chi connectivity index (χ3v) is 2.38. The van der Waals surface area contributed by atoms with E-state index in [1.165, 1.54) is 0 Å². The van der Waals surface area contributed by atoms with Crippen LogP contribution in [0.25, 0.3) is 0 Å². The van der Waals surface area contributed by atoms with E-state index in [1.54, 1.807) is 25.6 Å². The van der Waals surface area contributed by atoms with Gasteiger partial charge in [-0.05, 0) is 18.1 Å². The fraction of sp³-hybridized carbons (Fsp3) is 0.462. The van der Waals surface area contributed by atoms with Gasteiger partial charge in [-0.2, -0.15) is 0 Å². The second-order valence-corrected chi connectivity index (χ2v) is 4.01. The first-order valence-electron chi connectivity index (χ1n) is 6.13. The lowest BCUT2D eigenvalue weighted by atomic mass is 10.3. The van der Waals surface area contributed by atoms with Gasteiger partial charge in [0, 0.05) is 39.2 Å². The average Bonchev–Trinajstić information content (AvgIpc) is 2.42. The van der Waals surface area contributed by atoms with Crippen molar-refractivity contribution in [3.8, 4) is 0 Å². The van der Waals surface area contributed by atoms with E-state index in [0.29, 0.717) is 19.7 Å². The van der Waals surface area contributed by atoms with E-state index in [2.05, 4.69) is 15.6 Å². The number of pyridine rings is 1. The van der Waals surface area contributed by atoms with Gasteiger partial charge in [0.25, 0.3) is 0 Å². The van der Waals surface area contributed by atoms with Crippen molar-refractivity contribution >= 4 is 11.8 Å². The summed E-state index contributed by atoms with van der Waals surface area (Å²) in [6.45, 7) is 1.49. The van der Waals surface area contributed by atoms with Gasteiger partial charge in [0.2, 0.25) is 11.8 Å². The minimum atomic E-state index is -0.298. The molecule has 0 unspecified atom stereocenters. The van der Waals surface area contributed by atoms with Crippen LogP contribution in [0, 0.1) is 0 Å². The highest BCUT2D eigenvalue weighted by atomic mass is 16.5. The normalized spacial score (nSPS) is 9.95. The Labute approximate surface area is 112 Å². The fourth-order valence-electron chi connectivity index (χ4n) is 1.42. The lowest BCUT2D eigenvalue weighted by Crippen LogP contribution is -2.32. The predicted octanol–water partition coefficient (Wildman–Crippen LogP) is 0.241. The van der Waals surface area contributed by atoms with Gasteiger partial charge in [-0.15, -0.1) is 0 Å². The van der Waals surface area contributed by atoms with E-state index in [4.69, 9.17) is 4.74 Å². The number of aromatic nitrogens is 1. The minimum Gasteiger partial charge on any atom is -0.385 e. The molecule has 1 rings (SSSR count). The van der Waals surface area contributed by atoms with Crippen molar-refractivity contribution < 1.29 is 14.3 Å². The van der Waals surface area contributed by atoms with Crippen LogP contribution in [0.2, 0.25) is 0 Å². The molecular formula is C13H19N3O3. The molecular weight excluding hydrogens is 246 g/mol. The summed E-state index contributed by atoms with van der Waals surface area (Å²) in [6, 6.07) is 3.65. The van der Waals surface area contributed by atoms with Gasteiger partial charge in [0.05, 0.1) is 0 Å². The van der Waals surface area contributed by atoms with E-state index in [-0.39, 0.29) is 18.2 Å². The van der Waals surface area contributed by atoms with E-state index in [1.807, 2.05) is 6.07 Å². The number of ether oxygens (including phenoxy) is 1. The Morgan fingerprint density at radius 2 is 2.11 bits per heavy atom. The highest BCUT2D eigenvalue weighted by Crippen LogP contribution is 1.94. The summed E-state index contributed by atoms with van der Waals surface area (Å²) in [4.78, 5) is 26.8. The molecule has 104 valence electrons. The molecule has 0 aromatic carbocycles. The highest BCUT2D eigenvalue weighted by Gasteiger charge is 2.08. The maximum atomic E-state index is 11.5. The summed E-state index contributed by atoms with van der Waals surface area (Å²) < 4.78 is 4.86. The summed E-state index contributed by atoms with van der Waals surface area (Å²) in [5.41, 5.74) is 0.899. The third kappa shape index (κ3) is 7.15. The molecule has 0 radical (unpaired) electrons. The molecule has 0 aliphatic rings. The lowest BCUT2D eigenvalue weighted by Gasteiger charge is -2.06. The summed E-state index contributed by atoms with van der Waals surface area (Å²) in [5.74, 6) is -0.576. The van der Waals surface area contributed by atoms with Crippen LogP contribution in [0.3, 0.4) is 0 Å². The number of nitrogens with zero attached hydrogens (tertiary/aromatic N) is 1. The van der Waals surface area contributed by atoms with E-state index >= 15 is 0 Å². The van der Waals surface area contributed by atoms with Gasteiger partial charge < -0.3 is 15.4 Å². The maximum Gasteiger partial charge on any atom is 0.229 e. The number of methoxy groups -OCH3 is 1. The summed E-state index contributed by atoms with van der Waals surface area (Å²) in [5, 5.41) is 5.32. The Kier molecular flexibility index (Phi) is 7.19. The van der Waals surface area contributed by atoms with Crippen molar-refractivity contribution in [3.05, 3.63) is 30.1 Å². The summed E-state index contributed by atoms with van der Waals surface area (Å²) in [7, 11) is 1.60. The molecule has 0 saturated carbocycles. The summed E-state index contributed by atoms with van der Waals surface area (Å²) in [6.07, 6.45) is 3.91. The molecule has 2 N–H and O–H groups in total. The Morgan fingerprint density at radius 1 is 1.32 bits per heavy atom. The van der Waals surface area contributed by atoms with E-state index in [0.717, 1.165) is 12.0 Å². The van der Waals surface area contributed by atoms with Gasteiger partial charge in [-0.1, -0.05) is 6.07 Å².